The van der Waals surface area contributed by atoms with Crippen LogP contribution in [0, 0.1) is 17.0 Å². The summed E-state index contributed by atoms with van der Waals surface area (Å²) in [5, 5.41) is 8.16. The molecule has 0 radical (unpaired) electrons. The number of anilines is 1. The van der Waals surface area contributed by atoms with Gasteiger partial charge in [-0.1, -0.05) is 31.2 Å². The van der Waals surface area contributed by atoms with Crippen molar-refractivity contribution in [3.05, 3.63) is 57.5 Å². The van der Waals surface area contributed by atoms with Crippen molar-refractivity contribution in [3.8, 4) is 0 Å². The third-order valence-corrected chi connectivity index (χ3v) is 4.03. The Hall–Kier alpha value is -2.22. The molecule has 5 nitrogen and oxygen atoms in total. The first-order chi connectivity index (χ1) is 10.9. The zero-order chi connectivity index (χ0) is 17.0. The maximum absolute atomic E-state index is 13.6. The Morgan fingerprint density at radius 3 is 2.78 bits per heavy atom. The number of benzene rings is 1. The van der Waals surface area contributed by atoms with E-state index in [9.17, 15) is 13.6 Å². The lowest BCUT2D eigenvalue weighted by molar-refractivity contribution is 0.577. The van der Waals surface area contributed by atoms with Crippen LogP contribution in [-0.4, -0.2) is 14.7 Å². The number of nitrogens with one attached hydrogen (secondary N) is 1. The first-order valence-corrected chi connectivity index (χ1v) is 7.95. The summed E-state index contributed by atoms with van der Waals surface area (Å²) in [4.78, 5) is 15.1. The highest BCUT2D eigenvalue weighted by atomic mass is 32.2. The van der Waals surface area contributed by atoms with Crippen LogP contribution in [0.2, 0.25) is 0 Å². The van der Waals surface area contributed by atoms with Gasteiger partial charge in [-0.3, -0.25) is 14.8 Å². The van der Waals surface area contributed by atoms with Crippen molar-refractivity contribution < 1.29 is 8.78 Å². The van der Waals surface area contributed by atoms with E-state index in [1.165, 1.54) is 22.8 Å². The standard InChI is InChI=1S/C15H16F2N4OS/c1-2-3-11-7-13(22)20-14(18)21(11)15(19)23-8-9-4-5-10(16)6-12(9)17/h4-7,19H,2-3,8H2,1H3,(H2,18,20,22). The first-order valence-electron chi connectivity index (χ1n) is 6.96. The SMILES string of the molecule is CCCc1cc(=O)nc(N)n1C(=N)SCc1ccc(F)cc1F. The van der Waals surface area contributed by atoms with E-state index in [0.29, 0.717) is 12.1 Å². The molecule has 0 saturated heterocycles. The van der Waals surface area contributed by atoms with Crippen molar-refractivity contribution in [2.45, 2.75) is 25.5 Å². The molecule has 2 aromatic rings. The number of nitrogens with two attached hydrogens (primary N) is 1. The molecule has 23 heavy (non-hydrogen) atoms. The molecule has 0 aliphatic rings. The molecule has 2 rings (SSSR count). The number of rotatable bonds is 4. The zero-order valence-corrected chi connectivity index (χ0v) is 13.3. The molecule has 3 N–H and O–H groups in total. The molecule has 1 heterocycles. The van der Waals surface area contributed by atoms with Crippen LogP contribution in [-0.2, 0) is 12.2 Å². The Balaban J connectivity index is 2.22. The van der Waals surface area contributed by atoms with Gasteiger partial charge in [-0.15, -0.1) is 0 Å². The topological polar surface area (TPSA) is 84.8 Å². The summed E-state index contributed by atoms with van der Waals surface area (Å²) in [5.74, 6) is -1.24. The van der Waals surface area contributed by atoms with Gasteiger partial charge in [0.2, 0.25) is 5.95 Å². The highest BCUT2D eigenvalue weighted by Gasteiger charge is 2.13. The van der Waals surface area contributed by atoms with Gasteiger partial charge in [0.05, 0.1) is 0 Å². The third-order valence-electron chi connectivity index (χ3n) is 3.12. The molecule has 0 unspecified atom stereocenters. The Morgan fingerprint density at radius 1 is 1.39 bits per heavy atom. The van der Waals surface area contributed by atoms with Crippen LogP contribution in [0.5, 0.6) is 0 Å². The minimum atomic E-state index is -0.662. The van der Waals surface area contributed by atoms with E-state index >= 15 is 0 Å². The summed E-state index contributed by atoms with van der Waals surface area (Å²) in [6, 6.07) is 4.65. The number of nitrogen functional groups attached to an aromatic ring is 1. The minimum Gasteiger partial charge on any atom is -0.369 e. The fourth-order valence-corrected chi connectivity index (χ4v) is 2.94. The van der Waals surface area contributed by atoms with Gasteiger partial charge in [0.15, 0.2) is 5.17 Å². The average Bonchev–Trinajstić information content (AvgIpc) is 2.45. The van der Waals surface area contributed by atoms with Gasteiger partial charge in [0.1, 0.15) is 11.6 Å². The maximum atomic E-state index is 13.6. The summed E-state index contributed by atoms with van der Waals surface area (Å²) in [6.07, 6.45) is 1.34. The van der Waals surface area contributed by atoms with E-state index < -0.39 is 17.2 Å². The molecular weight excluding hydrogens is 322 g/mol. The lowest BCUT2D eigenvalue weighted by Gasteiger charge is -2.15. The van der Waals surface area contributed by atoms with Gasteiger partial charge in [0.25, 0.3) is 5.56 Å². The molecule has 1 aromatic heterocycles. The Morgan fingerprint density at radius 2 is 2.13 bits per heavy atom. The molecule has 0 atom stereocenters. The molecule has 0 saturated carbocycles. The van der Waals surface area contributed by atoms with Crippen molar-refractivity contribution in [2.75, 3.05) is 5.73 Å². The van der Waals surface area contributed by atoms with Crippen LogP contribution >= 0.6 is 11.8 Å². The second kappa shape index (κ2) is 7.36. The second-order valence-corrected chi connectivity index (χ2v) is 5.82. The van der Waals surface area contributed by atoms with Crippen molar-refractivity contribution >= 4 is 22.9 Å². The van der Waals surface area contributed by atoms with Crippen LogP contribution in [0.3, 0.4) is 0 Å². The summed E-state index contributed by atoms with van der Waals surface area (Å²) in [6.45, 7) is 1.94. The number of aryl methyl sites for hydroxylation is 1. The third kappa shape index (κ3) is 4.16. The molecule has 0 spiro atoms. The molecule has 0 aliphatic heterocycles. The Kier molecular flexibility index (Phi) is 5.49. The Labute approximate surface area is 136 Å². The van der Waals surface area contributed by atoms with E-state index in [2.05, 4.69) is 4.98 Å². The van der Waals surface area contributed by atoms with Crippen molar-refractivity contribution in [1.82, 2.24) is 9.55 Å². The lowest BCUT2D eigenvalue weighted by atomic mass is 10.2. The zero-order valence-electron chi connectivity index (χ0n) is 12.5. The van der Waals surface area contributed by atoms with Crippen LogP contribution in [0.15, 0.2) is 29.1 Å². The van der Waals surface area contributed by atoms with Gasteiger partial charge >= 0.3 is 0 Å². The largest absolute Gasteiger partial charge is 0.369 e. The molecule has 122 valence electrons. The predicted molar refractivity (Wildman–Crippen MR) is 87.7 cm³/mol. The van der Waals surface area contributed by atoms with E-state index in [-0.39, 0.29) is 22.4 Å². The van der Waals surface area contributed by atoms with Gasteiger partial charge in [-0.05, 0) is 18.1 Å². The smallest absolute Gasteiger partial charge is 0.274 e. The normalized spacial score (nSPS) is 10.7. The summed E-state index contributed by atoms with van der Waals surface area (Å²) >= 11 is 1.02. The number of aromatic nitrogens is 2. The maximum Gasteiger partial charge on any atom is 0.274 e. The van der Waals surface area contributed by atoms with E-state index in [1.54, 1.807) is 0 Å². The molecule has 8 heteroatoms. The van der Waals surface area contributed by atoms with Gasteiger partial charge in [0, 0.05) is 23.6 Å². The summed E-state index contributed by atoms with van der Waals surface area (Å²) in [7, 11) is 0. The fourth-order valence-electron chi connectivity index (χ4n) is 2.07. The van der Waals surface area contributed by atoms with E-state index in [1.807, 2.05) is 6.92 Å². The fraction of sp³-hybridized carbons (Fsp3) is 0.267. The molecule has 0 amide bonds. The van der Waals surface area contributed by atoms with Crippen LogP contribution in [0.25, 0.3) is 0 Å². The summed E-state index contributed by atoms with van der Waals surface area (Å²) in [5.41, 5.74) is 6.16. The van der Waals surface area contributed by atoms with Crippen molar-refractivity contribution in [3.63, 3.8) is 0 Å². The molecule has 0 aliphatic carbocycles. The summed E-state index contributed by atoms with van der Waals surface area (Å²) < 4.78 is 27.9. The number of halogens is 2. The highest BCUT2D eigenvalue weighted by molar-refractivity contribution is 8.13. The quantitative estimate of drug-likeness (QED) is 0.663. The van der Waals surface area contributed by atoms with E-state index in [0.717, 1.165) is 24.2 Å². The number of nitrogens with zero attached hydrogens (tertiary/aromatic N) is 2. The lowest BCUT2D eigenvalue weighted by Crippen LogP contribution is -2.23. The first kappa shape index (κ1) is 17.1. The second-order valence-electron chi connectivity index (χ2n) is 4.86. The van der Waals surface area contributed by atoms with Gasteiger partial charge in [-0.25, -0.2) is 8.78 Å². The number of hydrogen-bond donors (Lipinski definition) is 2. The molecule has 1 aromatic carbocycles. The predicted octanol–water partition coefficient (Wildman–Crippen LogP) is 2.77. The molecule has 0 bridgehead atoms. The number of hydrogen-bond acceptors (Lipinski definition) is 5. The van der Waals surface area contributed by atoms with Crippen molar-refractivity contribution in [1.29, 1.82) is 5.41 Å². The molecule has 0 fully saturated rings. The van der Waals surface area contributed by atoms with Crippen molar-refractivity contribution in [2.24, 2.45) is 0 Å². The highest BCUT2D eigenvalue weighted by Crippen LogP contribution is 2.20. The van der Waals surface area contributed by atoms with Crippen LogP contribution in [0.1, 0.15) is 24.6 Å². The van der Waals surface area contributed by atoms with E-state index in [4.69, 9.17) is 11.1 Å². The van der Waals surface area contributed by atoms with Gasteiger partial charge in [-0.2, -0.15) is 4.98 Å². The minimum absolute atomic E-state index is 0.0298. The van der Waals surface area contributed by atoms with Crippen LogP contribution in [0.4, 0.5) is 14.7 Å². The van der Waals surface area contributed by atoms with Gasteiger partial charge < -0.3 is 5.73 Å². The number of thioether (sulfide) groups is 1. The monoisotopic (exact) mass is 338 g/mol. The Bertz CT molecular complexity index is 792. The molecular formula is C15H16F2N4OS. The average molecular weight is 338 g/mol. The van der Waals surface area contributed by atoms with Crippen LogP contribution < -0.4 is 11.3 Å².